The molecule has 2 spiro atoms. The molecule has 5 aliphatic carbocycles. The number of fused-ring (bicyclic) bond motifs is 2. The Labute approximate surface area is 246 Å². The number of Topliss-reactive ketones (excluding diaryl/α,β-unsaturated/α-hetero) is 2. The molecule has 0 amide bonds. The van der Waals surface area contributed by atoms with Crippen LogP contribution < -0.4 is 0 Å². The van der Waals surface area contributed by atoms with Crippen LogP contribution in [0.2, 0.25) is 0 Å². The highest BCUT2D eigenvalue weighted by molar-refractivity contribution is 7.80. The van der Waals surface area contributed by atoms with Gasteiger partial charge < -0.3 is 4.74 Å². The second-order valence-corrected chi connectivity index (χ2v) is 16.6. The third-order valence-corrected chi connectivity index (χ3v) is 13.8. The molecule has 5 saturated carbocycles. The van der Waals surface area contributed by atoms with Gasteiger partial charge in [-0.15, -0.1) is 0 Å². The first-order chi connectivity index (χ1) is 19.0. The van der Waals surface area contributed by atoms with Crippen LogP contribution in [0, 0.1) is 56.7 Å². The molecule has 232 valence electrons. The van der Waals surface area contributed by atoms with Crippen LogP contribution in [0.1, 0.15) is 112 Å². The van der Waals surface area contributed by atoms with Crippen molar-refractivity contribution in [3.05, 3.63) is 0 Å². The summed E-state index contributed by atoms with van der Waals surface area (Å²) in [5.74, 6) is 1.30. The minimum atomic E-state index is -4.77. The molecule has 9 heteroatoms. The zero-order chi connectivity index (χ0) is 30.2. The van der Waals surface area contributed by atoms with Crippen molar-refractivity contribution in [1.29, 1.82) is 0 Å². The Kier molecular flexibility index (Phi) is 7.68. The molecule has 0 unspecified atom stereocenters. The highest BCUT2D eigenvalue weighted by Gasteiger charge is 2.83. The van der Waals surface area contributed by atoms with Crippen LogP contribution in [0.4, 0.5) is 0 Å². The summed E-state index contributed by atoms with van der Waals surface area (Å²) in [6.45, 7) is 12.0. The first-order valence-corrected chi connectivity index (χ1v) is 17.1. The molecule has 0 aromatic rings. The van der Waals surface area contributed by atoms with Crippen LogP contribution in [-0.4, -0.2) is 43.7 Å². The number of carbonyl (C=O) groups is 3. The van der Waals surface area contributed by atoms with E-state index in [1.807, 2.05) is 0 Å². The molecule has 0 bridgehead atoms. The molecule has 0 radical (unpaired) electrons. The van der Waals surface area contributed by atoms with Crippen molar-refractivity contribution >= 4 is 27.9 Å². The standard InChI is InChI=1S/C32H50O8S/c1-20(2)15-23(34)16-21(3)24-9-11-29(6)25-7-8-26-30(18-39-22(4)33,19-40-41(36,37)38)27(35)10-12-31(26)17-32(25,31)14-13-28(24,29)5/h20-21,24-26H,7-19H2,1-6H3,(H,36,37,38)/t21-,24-,25-,26+,28-,29+,30+,31+,32-/m1/s1. The maximum atomic E-state index is 13.6. The van der Waals surface area contributed by atoms with Crippen molar-refractivity contribution in [2.45, 2.75) is 112 Å². The van der Waals surface area contributed by atoms with Crippen molar-refractivity contribution in [2.75, 3.05) is 13.2 Å². The topological polar surface area (TPSA) is 124 Å². The molecule has 0 aromatic heterocycles. The maximum Gasteiger partial charge on any atom is 0.397 e. The summed E-state index contributed by atoms with van der Waals surface area (Å²) in [7, 11) is -4.77. The molecule has 1 N–H and O–H groups in total. The lowest BCUT2D eigenvalue weighted by atomic mass is 9.41. The first-order valence-electron chi connectivity index (χ1n) is 15.8. The summed E-state index contributed by atoms with van der Waals surface area (Å²) >= 11 is 0. The second kappa shape index (κ2) is 10.1. The van der Waals surface area contributed by atoms with E-state index in [4.69, 9.17) is 8.92 Å². The van der Waals surface area contributed by atoms with Crippen molar-refractivity contribution in [3.8, 4) is 0 Å². The lowest BCUT2D eigenvalue weighted by Crippen LogP contribution is -2.60. The lowest BCUT2D eigenvalue weighted by Gasteiger charge is -2.63. The van der Waals surface area contributed by atoms with Gasteiger partial charge in [0.05, 0.1) is 12.0 Å². The molecule has 5 aliphatic rings. The summed E-state index contributed by atoms with van der Waals surface area (Å²) in [5.41, 5.74) is -1.04. The van der Waals surface area contributed by atoms with E-state index in [1.165, 1.54) is 6.92 Å². The summed E-state index contributed by atoms with van der Waals surface area (Å²) < 4.78 is 43.0. The van der Waals surface area contributed by atoms with Crippen LogP contribution in [0.15, 0.2) is 0 Å². The van der Waals surface area contributed by atoms with Gasteiger partial charge in [0.1, 0.15) is 18.2 Å². The normalized spacial score (nSPS) is 43.9. The van der Waals surface area contributed by atoms with E-state index in [0.29, 0.717) is 48.7 Å². The number of rotatable bonds is 10. The van der Waals surface area contributed by atoms with E-state index in [-0.39, 0.29) is 40.0 Å². The predicted molar refractivity (Wildman–Crippen MR) is 153 cm³/mol. The van der Waals surface area contributed by atoms with E-state index in [1.54, 1.807) is 0 Å². The van der Waals surface area contributed by atoms with Crippen LogP contribution in [0.25, 0.3) is 0 Å². The molecule has 9 atom stereocenters. The maximum absolute atomic E-state index is 13.6. The molecule has 5 rings (SSSR count). The average Bonchev–Trinajstić information content (AvgIpc) is 3.44. The first kappa shape index (κ1) is 31.1. The molecular weight excluding hydrogens is 544 g/mol. The van der Waals surface area contributed by atoms with Gasteiger partial charge in [0.15, 0.2) is 0 Å². The third-order valence-electron chi connectivity index (χ3n) is 13.4. The molecule has 0 aliphatic heterocycles. The molecule has 0 aromatic carbocycles. The van der Waals surface area contributed by atoms with Crippen LogP contribution in [-0.2, 0) is 33.7 Å². The highest BCUT2D eigenvalue weighted by Crippen LogP contribution is 2.88. The lowest BCUT2D eigenvalue weighted by molar-refractivity contribution is -0.176. The Morgan fingerprint density at radius 1 is 0.927 bits per heavy atom. The minimum absolute atomic E-state index is 0.0794. The van der Waals surface area contributed by atoms with Gasteiger partial charge >= 0.3 is 16.4 Å². The molecule has 5 fully saturated rings. The van der Waals surface area contributed by atoms with Crippen molar-refractivity contribution in [2.24, 2.45) is 56.7 Å². The van der Waals surface area contributed by atoms with Gasteiger partial charge in [-0.25, -0.2) is 4.18 Å². The van der Waals surface area contributed by atoms with Gasteiger partial charge in [-0.05, 0) is 103 Å². The molecular formula is C32H50O8S. The average molecular weight is 595 g/mol. The summed E-state index contributed by atoms with van der Waals surface area (Å²) in [4.78, 5) is 38.3. The largest absolute Gasteiger partial charge is 0.465 e. The number of carbonyl (C=O) groups excluding carboxylic acids is 3. The Hall–Kier alpha value is -1.32. The number of hydrogen-bond donors (Lipinski definition) is 1. The van der Waals surface area contributed by atoms with Gasteiger partial charge in [0.2, 0.25) is 0 Å². The van der Waals surface area contributed by atoms with E-state index in [2.05, 4.69) is 34.6 Å². The van der Waals surface area contributed by atoms with E-state index < -0.39 is 28.4 Å². The minimum Gasteiger partial charge on any atom is -0.465 e. The second-order valence-electron chi connectivity index (χ2n) is 15.5. The van der Waals surface area contributed by atoms with Gasteiger partial charge in [-0.2, -0.15) is 8.42 Å². The molecule has 8 nitrogen and oxygen atoms in total. The summed E-state index contributed by atoms with van der Waals surface area (Å²) in [5, 5.41) is 0. The Bertz CT molecular complexity index is 1210. The van der Waals surface area contributed by atoms with E-state index >= 15 is 0 Å². The third kappa shape index (κ3) is 4.66. The fraction of sp³-hybridized carbons (Fsp3) is 0.906. The zero-order valence-corrected chi connectivity index (χ0v) is 26.6. The van der Waals surface area contributed by atoms with Crippen molar-refractivity contribution in [1.82, 2.24) is 0 Å². The number of ketones is 2. The highest BCUT2D eigenvalue weighted by atomic mass is 32.3. The van der Waals surface area contributed by atoms with Gasteiger partial charge in [0, 0.05) is 26.2 Å². The number of ether oxygens (including phenoxy) is 1. The fourth-order valence-corrected chi connectivity index (χ4v) is 12.0. The number of esters is 1. The Balaban J connectivity index is 1.44. The van der Waals surface area contributed by atoms with Crippen LogP contribution >= 0.6 is 0 Å². The van der Waals surface area contributed by atoms with Crippen LogP contribution in [0.3, 0.4) is 0 Å². The smallest absolute Gasteiger partial charge is 0.397 e. The van der Waals surface area contributed by atoms with Gasteiger partial charge in [0.25, 0.3) is 0 Å². The summed E-state index contributed by atoms with van der Waals surface area (Å²) in [6, 6.07) is 0. The van der Waals surface area contributed by atoms with Crippen molar-refractivity contribution in [3.63, 3.8) is 0 Å². The molecule has 0 saturated heterocycles. The zero-order valence-electron chi connectivity index (χ0n) is 25.8. The van der Waals surface area contributed by atoms with E-state index in [9.17, 15) is 27.4 Å². The molecule has 41 heavy (non-hydrogen) atoms. The van der Waals surface area contributed by atoms with E-state index in [0.717, 1.165) is 51.4 Å². The Morgan fingerprint density at radius 3 is 2.22 bits per heavy atom. The summed E-state index contributed by atoms with van der Waals surface area (Å²) in [6.07, 6.45) is 9.52. The fourth-order valence-electron chi connectivity index (χ4n) is 11.7. The van der Waals surface area contributed by atoms with Gasteiger partial charge in [-0.1, -0.05) is 34.6 Å². The van der Waals surface area contributed by atoms with Gasteiger partial charge in [-0.3, -0.25) is 18.9 Å². The Morgan fingerprint density at radius 2 is 1.59 bits per heavy atom. The number of hydrogen-bond acceptors (Lipinski definition) is 7. The monoisotopic (exact) mass is 594 g/mol. The van der Waals surface area contributed by atoms with Crippen LogP contribution in [0.5, 0.6) is 0 Å². The predicted octanol–water partition coefficient (Wildman–Crippen LogP) is 5.98. The molecule has 0 heterocycles. The SMILES string of the molecule is CC(=O)OC[C@@]1(COS(=O)(=O)O)C(=O)CC[C@@]23C[C@@]24CC[C@]2(C)[C@@H]([C@H](C)CC(=O)CC(C)C)CC[C@@]2(C)[C@H]4CC[C@@H]13. The van der Waals surface area contributed by atoms with Crippen molar-refractivity contribution < 1.29 is 36.3 Å². The quantitative estimate of drug-likeness (QED) is 0.242.